The Morgan fingerprint density at radius 1 is 1.56 bits per heavy atom. The van der Waals surface area contributed by atoms with Gasteiger partial charge in [-0.25, -0.2) is 0 Å². The van der Waals surface area contributed by atoms with Crippen LogP contribution in [0.15, 0.2) is 24.5 Å². The Morgan fingerprint density at radius 2 is 2.50 bits per heavy atom. The van der Waals surface area contributed by atoms with Gasteiger partial charge in [0, 0.05) is 25.0 Å². The maximum absolute atomic E-state index is 5.63. The summed E-state index contributed by atoms with van der Waals surface area (Å²) in [6.07, 6.45) is 11.0. The number of nitrogens with two attached hydrogens (primary N) is 1. The highest BCUT2D eigenvalue weighted by Gasteiger charge is 2.16. The summed E-state index contributed by atoms with van der Waals surface area (Å²) >= 11 is 0. The van der Waals surface area contributed by atoms with Crippen LogP contribution >= 0.6 is 0 Å². The van der Waals surface area contributed by atoms with Crippen LogP contribution in [0, 0.1) is 0 Å². The second-order valence-electron chi connectivity index (χ2n) is 4.99. The molecule has 18 heavy (non-hydrogen) atoms. The molecule has 0 spiro atoms. The predicted octanol–water partition coefficient (Wildman–Crippen LogP) is 1.81. The molecule has 0 radical (unpaired) electrons. The summed E-state index contributed by atoms with van der Waals surface area (Å²) in [5, 5.41) is 0. The molecule has 1 aliphatic heterocycles. The molecule has 3 N–H and O–H groups in total. The number of ether oxygens (including phenoxy) is 1. The van der Waals surface area contributed by atoms with Gasteiger partial charge in [-0.3, -0.25) is 16.3 Å². The van der Waals surface area contributed by atoms with Gasteiger partial charge in [0.1, 0.15) is 0 Å². The first-order valence-corrected chi connectivity index (χ1v) is 6.85. The molecule has 1 aliphatic rings. The lowest BCUT2D eigenvalue weighted by Gasteiger charge is -2.16. The molecule has 1 saturated heterocycles. The van der Waals surface area contributed by atoms with E-state index in [-0.39, 0.29) is 0 Å². The van der Waals surface area contributed by atoms with Crippen molar-refractivity contribution in [3.05, 3.63) is 30.1 Å². The van der Waals surface area contributed by atoms with E-state index in [1.54, 1.807) is 6.20 Å². The highest BCUT2D eigenvalue weighted by molar-refractivity contribution is 5.09. The van der Waals surface area contributed by atoms with Crippen LogP contribution in [0.5, 0.6) is 0 Å². The Morgan fingerprint density at radius 3 is 3.17 bits per heavy atom. The fraction of sp³-hybridized carbons (Fsp3) is 0.643. The molecular weight excluding hydrogens is 226 g/mol. The quantitative estimate of drug-likeness (QED) is 0.571. The van der Waals surface area contributed by atoms with Crippen LogP contribution in [0.3, 0.4) is 0 Å². The van der Waals surface area contributed by atoms with Gasteiger partial charge in [-0.1, -0.05) is 6.07 Å². The third kappa shape index (κ3) is 4.37. The van der Waals surface area contributed by atoms with Gasteiger partial charge in [0.05, 0.1) is 6.10 Å². The SMILES string of the molecule is NNC(CCCC1CCCO1)Cc1cccnc1. The first kappa shape index (κ1) is 13.5. The summed E-state index contributed by atoms with van der Waals surface area (Å²) in [6.45, 7) is 0.943. The molecule has 0 saturated carbocycles. The van der Waals surface area contributed by atoms with Crippen molar-refractivity contribution in [2.75, 3.05) is 6.61 Å². The van der Waals surface area contributed by atoms with Gasteiger partial charge in [-0.15, -0.1) is 0 Å². The molecule has 1 fully saturated rings. The average Bonchev–Trinajstić information content (AvgIpc) is 2.92. The van der Waals surface area contributed by atoms with E-state index in [1.807, 2.05) is 12.3 Å². The topological polar surface area (TPSA) is 60.2 Å². The number of hydrogen-bond donors (Lipinski definition) is 2. The molecule has 4 nitrogen and oxygen atoms in total. The van der Waals surface area contributed by atoms with E-state index < -0.39 is 0 Å². The van der Waals surface area contributed by atoms with Crippen molar-refractivity contribution in [3.63, 3.8) is 0 Å². The average molecular weight is 249 g/mol. The smallest absolute Gasteiger partial charge is 0.0576 e. The molecule has 0 aromatic carbocycles. The van der Waals surface area contributed by atoms with E-state index in [0.717, 1.165) is 25.9 Å². The first-order chi connectivity index (χ1) is 8.88. The Balaban J connectivity index is 1.68. The van der Waals surface area contributed by atoms with Crippen LogP contribution in [-0.4, -0.2) is 23.7 Å². The zero-order chi connectivity index (χ0) is 12.6. The molecule has 0 amide bonds. The fourth-order valence-electron chi connectivity index (χ4n) is 2.51. The van der Waals surface area contributed by atoms with Crippen molar-refractivity contribution in [3.8, 4) is 0 Å². The van der Waals surface area contributed by atoms with Crippen molar-refractivity contribution >= 4 is 0 Å². The van der Waals surface area contributed by atoms with E-state index in [9.17, 15) is 0 Å². The van der Waals surface area contributed by atoms with Crippen LogP contribution in [-0.2, 0) is 11.2 Å². The maximum Gasteiger partial charge on any atom is 0.0576 e. The van der Waals surface area contributed by atoms with Crippen LogP contribution in [0.1, 0.15) is 37.7 Å². The summed E-state index contributed by atoms with van der Waals surface area (Å²) in [4.78, 5) is 4.13. The molecule has 0 aliphatic carbocycles. The highest BCUT2D eigenvalue weighted by atomic mass is 16.5. The lowest BCUT2D eigenvalue weighted by molar-refractivity contribution is 0.101. The van der Waals surface area contributed by atoms with Crippen molar-refractivity contribution in [1.29, 1.82) is 0 Å². The van der Waals surface area contributed by atoms with Gasteiger partial charge in [-0.2, -0.15) is 0 Å². The van der Waals surface area contributed by atoms with E-state index >= 15 is 0 Å². The highest BCUT2D eigenvalue weighted by Crippen LogP contribution is 2.18. The Kier molecular flexibility index (Phi) is 5.58. The van der Waals surface area contributed by atoms with E-state index in [1.165, 1.54) is 24.8 Å². The predicted molar refractivity (Wildman–Crippen MR) is 71.9 cm³/mol. The number of aromatic nitrogens is 1. The maximum atomic E-state index is 5.63. The lowest BCUT2D eigenvalue weighted by atomic mass is 10.0. The number of pyridine rings is 1. The molecule has 1 aromatic rings. The third-order valence-corrected chi connectivity index (χ3v) is 3.54. The lowest BCUT2D eigenvalue weighted by Crippen LogP contribution is -2.36. The summed E-state index contributed by atoms with van der Waals surface area (Å²) < 4.78 is 5.63. The van der Waals surface area contributed by atoms with Gasteiger partial charge in [-0.05, 0) is 50.2 Å². The minimum absolute atomic E-state index is 0.329. The van der Waals surface area contributed by atoms with Crippen LogP contribution in [0.4, 0.5) is 0 Å². The van der Waals surface area contributed by atoms with Crippen LogP contribution in [0.2, 0.25) is 0 Å². The number of nitrogens with zero attached hydrogens (tertiary/aromatic N) is 1. The Hall–Kier alpha value is -0.970. The van der Waals surface area contributed by atoms with Gasteiger partial charge >= 0.3 is 0 Å². The van der Waals surface area contributed by atoms with Crippen molar-refractivity contribution in [2.24, 2.45) is 5.84 Å². The normalized spacial score (nSPS) is 21.1. The number of hydrogen-bond acceptors (Lipinski definition) is 4. The number of rotatable bonds is 7. The molecule has 2 atom stereocenters. The minimum atomic E-state index is 0.329. The largest absolute Gasteiger partial charge is 0.378 e. The van der Waals surface area contributed by atoms with Gasteiger partial charge in [0.25, 0.3) is 0 Å². The first-order valence-electron chi connectivity index (χ1n) is 6.85. The Bertz CT molecular complexity index is 325. The molecule has 1 aromatic heterocycles. The van der Waals surface area contributed by atoms with Crippen molar-refractivity contribution in [1.82, 2.24) is 10.4 Å². The summed E-state index contributed by atoms with van der Waals surface area (Å²) in [5.41, 5.74) is 4.14. The molecule has 0 bridgehead atoms. The minimum Gasteiger partial charge on any atom is -0.378 e. The third-order valence-electron chi connectivity index (χ3n) is 3.54. The molecule has 2 unspecified atom stereocenters. The molecule has 2 rings (SSSR count). The van der Waals surface area contributed by atoms with Crippen LogP contribution < -0.4 is 11.3 Å². The number of nitrogens with one attached hydrogen (secondary N) is 1. The second-order valence-corrected chi connectivity index (χ2v) is 4.99. The van der Waals surface area contributed by atoms with Crippen LogP contribution in [0.25, 0.3) is 0 Å². The van der Waals surface area contributed by atoms with Crippen molar-refractivity contribution < 1.29 is 4.74 Å². The Labute approximate surface area is 109 Å². The summed E-state index contributed by atoms with van der Waals surface area (Å²) in [7, 11) is 0. The molecule has 2 heterocycles. The zero-order valence-corrected chi connectivity index (χ0v) is 10.8. The monoisotopic (exact) mass is 249 g/mol. The van der Waals surface area contributed by atoms with Gasteiger partial charge < -0.3 is 4.74 Å². The molecule has 100 valence electrons. The number of hydrazine groups is 1. The van der Waals surface area contributed by atoms with E-state index in [4.69, 9.17) is 10.6 Å². The zero-order valence-electron chi connectivity index (χ0n) is 10.8. The standard InChI is InChI=1S/C14H23N3O/c15-17-13(10-12-4-2-8-16-11-12)5-1-6-14-7-3-9-18-14/h2,4,8,11,13-14,17H,1,3,5-7,9-10,15H2. The van der Waals surface area contributed by atoms with E-state index in [2.05, 4.69) is 16.5 Å². The fourth-order valence-corrected chi connectivity index (χ4v) is 2.51. The molecule has 4 heteroatoms. The summed E-state index contributed by atoms with van der Waals surface area (Å²) in [5.74, 6) is 5.61. The van der Waals surface area contributed by atoms with Crippen molar-refractivity contribution in [2.45, 2.75) is 50.7 Å². The van der Waals surface area contributed by atoms with Gasteiger partial charge in [0.15, 0.2) is 0 Å². The molecular formula is C14H23N3O. The summed E-state index contributed by atoms with van der Waals surface area (Å²) in [6, 6.07) is 4.39. The van der Waals surface area contributed by atoms with Gasteiger partial charge in [0.2, 0.25) is 0 Å². The van der Waals surface area contributed by atoms with E-state index in [0.29, 0.717) is 12.1 Å². The second kappa shape index (κ2) is 7.46.